The third kappa shape index (κ3) is 1.95. The second kappa shape index (κ2) is 4.06. The average molecular weight is 261 g/mol. The molecule has 0 fully saturated rings. The fourth-order valence-corrected chi connectivity index (χ4v) is 2.66. The fraction of sp³-hybridized carbons (Fsp3) is 0.167. The van der Waals surface area contributed by atoms with Crippen molar-refractivity contribution in [2.45, 2.75) is 23.5 Å². The van der Waals surface area contributed by atoms with Gasteiger partial charge in [-0.1, -0.05) is 0 Å². The van der Waals surface area contributed by atoms with Gasteiger partial charge in [-0.2, -0.15) is 0 Å². The zero-order valence-electron chi connectivity index (χ0n) is 9.69. The van der Waals surface area contributed by atoms with Gasteiger partial charge in [0.15, 0.2) is 0 Å². The highest BCUT2D eigenvalue weighted by Crippen LogP contribution is 2.37. The van der Waals surface area contributed by atoms with Crippen molar-refractivity contribution in [1.82, 2.24) is 4.98 Å². The maximum Gasteiger partial charge on any atom is 0.260 e. The van der Waals surface area contributed by atoms with Crippen molar-refractivity contribution in [3.05, 3.63) is 29.7 Å². The van der Waals surface area contributed by atoms with Crippen LogP contribution < -0.4 is 11.1 Å². The molecule has 1 aromatic carbocycles. The van der Waals surface area contributed by atoms with Crippen LogP contribution in [-0.2, 0) is 11.2 Å². The van der Waals surface area contributed by atoms with Crippen LogP contribution in [0.1, 0.15) is 11.3 Å². The fourth-order valence-electron chi connectivity index (χ4n) is 1.84. The molecule has 18 heavy (non-hydrogen) atoms. The number of oxazole rings is 1. The summed E-state index contributed by atoms with van der Waals surface area (Å²) in [6.07, 6.45) is 1.98. The van der Waals surface area contributed by atoms with Gasteiger partial charge >= 0.3 is 0 Å². The topological polar surface area (TPSA) is 81.1 Å². The van der Waals surface area contributed by atoms with Gasteiger partial charge in [0, 0.05) is 16.3 Å². The number of benzene rings is 1. The second-order valence-corrected chi connectivity index (χ2v) is 5.12. The number of nitrogens with zero attached hydrogens (tertiary/aromatic N) is 1. The van der Waals surface area contributed by atoms with E-state index in [9.17, 15) is 4.79 Å². The number of nitrogens with one attached hydrogen (secondary N) is 1. The van der Waals surface area contributed by atoms with E-state index in [1.165, 1.54) is 11.8 Å². The number of carbonyl (C=O) groups is 1. The van der Waals surface area contributed by atoms with Crippen LogP contribution in [0, 0.1) is 6.92 Å². The third-order valence-corrected chi connectivity index (χ3v) is 3.59. The van der Waals surface area contributed by atoms with Gasteiger partial charge in [0.25, 0.3) is 5.22 Å². The molecule has 0 radical (unpaired) electrons. The number of nitrogens with two attached hydrogens (primary N) is 1. The lowest BCUT2D eigenvalue weighted by Gasteiger charge is -2.06. The Morgan fingerprint density at radius 2 is 2.33 bits per heavy atom. The Morgan fingerprint density at radius 3 is 3.06 bits per heavy atom. The SMILES string of the molecule is Cc1coc(Sc2cc3c(cc2N)CC(=O)N3)n1. The smallest absolute Gasteiger partial charge is 0.260 e. The maximum atomic E-state index is 11.3. The van der Waals surface area contributed by atoms with Crippen LogP contribution in [0.15, 0.2) is 32.9 Å². The summed E-state index contributed by atoms with van der Waals surface area (Å²) in [6, 6.07) is 3.69. The summed E-state index contributed by atoms with van der Waals surface area (Å²) in [5, 5.41) is 3.34. The first-order valence-electron chi connectivity index (χ1n) is 5.44. The summed E-state index contributed by atoms with van der Waals surface area (Å²) in [7, 11) is 0. The molecule has 0 unspecified atom stereocenters. The van der Waals surface area contributed by atoms with Crippen molar-refractivity contribution in [1.29, 1.82) is 0 Å². The summed E-state index contributed by atoms with van der Waals surface area (Å²) < 4.78 is 5.27. The first kappa shape index (κ1) is 11.2. The number of aromatic nitrogens is 1. The van der Waals surface area contributed by atoms with E-state index in [1.807, 2.05) is 19.1 Å². The molecule has 0 saturated heterocycles. The lowest BCUT2D eigenvalue weighted by atomic mass is 10.1. The minimum absolute atomic E-state index is 0.00137. The number of hydrogen-bond acceptors (Lipinski definition) is 5. The molecule has 0 aliphatic carbocycles. The number of nitrogen functional groups attached to an aromatic ring is 1. The van der Waals surface area contributed by atoms with Crippen LogP contribution in [0.25, 0.3) is 0 Å². The summed E-state index contributed by atoms with van der Waals surface area (Å²) in [5.74, 6) is -0.00137. The van der Waals surface area contributed by atoms with Crippen molar-refractivity contribution in [2.75, 3.05) is 11.1 Å². The number of hydrogen-bond donors (Lipinski definition) is 2. The highest BCUT2D eigenvalue weighted by atomic mass is 32.2. The van der Waals surface area contributed by atoms with Crippen LogP contribution in [0.5, 0.6) is 0 Å². The van der Waals surface area contributed by atoms with Gasteiger partial charge in [0.2, 0.25) is 5.91 Å². The van der Waals surface area contributed by atoms with Gasteiger partial charge < -0.3 is 15.5 Å². The molecule has 0 atom stereocenters. The molecule has 5 nitrogen and oxygen atoms in total. The molecular formula is C12H11N3O2S. The summed E-state index contributed by atoms with van der Waals surface area (Å²) in [6.45, 7) is 1.86. The van der Waals surface area contributed by atoms with Gasteiger partial charge in [-0.25, -0.2) is 4.98 Å². The van der Waals surface area contributed by atoms with Crippen molar-refractivity contribution in [2.24, 2.45) is 0 Å². The Morgan fingerprint density at radius 1 is 1.50 bits per heavy atom. The van der Waals surface area contributed by atoms with Gasteiger partial charge in [0.05, 0.1) is 12.1 Å². The minimum Gasteiger partial charge on any atom is -0.439 e. The Hall–Kier alpha value is -1.95. The molecule has 1 aliphatic heterocycles. The van der Waals surface area contributed by atoms with Crippen LogP contribution in [0.3, 0.4) is 0 Å². The van der Waals surface area contributed by atoms with Gasteiger partial charge in [0.1, 0.15) is 6.26 Å². The predicted molar refractivity (Wildman–Crippen MR) is 68.6 cm³/mol. The lowest BCUT2D eigenvalue weighted by Crippen LogP contribution is -2.03. The Balaban J connectivity index is 1.93. The summed E-state index contributed by atoms with van der Waals surface area (Å²) >= 11 is 1.35. The normalized spacial score (nSPS) is 13.5. The molecule has 0 saturated carbocycles. The molecule has 2 heterocycles. The first-order valence-corrected chi connectivity index (χ1v) is 6.26. The Kier molecular flexibility index (Phi) is 2.52. The summed E-state index contributed by atoms with van der Waals surface area (Å²) in [5.41, 5.74) is 9.17. The number of carbonyl (C=O) groups excluding carboxylic acids is 1. The largest absolute Gasteiger partial charge is 0.439 e. The summed E-state index contributed by atoms with van der Waals surface area (Å²) in [4.78, 5) is 16.3. The zero-order valence-corrected chi connectivity index (χ0v) is 10.5. The molecule has 0 spiro atoms. The van der Waals surface area contributed by atoms with E-state index < -0.39 is 0 Å². The minimum atomic E-state index is -0.00137. The first-order chi connectivity index (χ1) is 8.61. The standard InChI is InChI=1S/C12H11N3O2S/c1-6-5-17-12(14-6)18-10-4-9-7(2-8(10)13)3-11(16)15-9/h2,4-5H,3,13H2,1H3,(H,15,16). The number of aryl methyl sites for hydroxylation is 1. The maximum absolute atomic E-state index is 11.3. The van der Waals surface area contributed by atoms with Gasteiger partial charge in [-0.05, 0) is 36.4 Å². The molecular weight excluding hydrogens is 250 g/mol. The van der Waals surface area contributed by atoms with E-state index in [0.29, 0.717) is 17.3 Å². The van der Waals surface area contributed by atoms with Crippen molar-refractivity contribution < 1.29 is 9.21 Å². The van der Waals surface area contributed by atoms with Crippen LogP contribution in [0.2, 0.25) is 0 Å². The van der Waals surface area contributed by atoms with E-state index >= 15 is 0 Å². The zero-order chi connectivity index (χ0) is 12.7. The van der Waals surface area contributed by atoms with Crippen LogP contribution in [0.4, 0.5) is 11.4 Å². The molecule has 92 valence electrons. The molecule has 0 bridgehead atoms. The number of rotatable bonds is 2. The van der Waals surface area contributed by atoms with Crippen molar-refractivity contribution in [3.63, 3.8) is 0 Å². The molecule has 1 aliphatic rings. The third-order valence-electron chi connectivity index (χ3n) is 2.66. The van der Waals surface area contributed by atoms with E-state index in [1.54, 1.807) is 6.26 Å². The molecule has 3 N–H and O–H groups in total. The van der Waals surface area contributed by atoms with E-state index in [-0.39, 0.29) is 5.91 Å². The Labute approximate surface area is 108 Å². The van der Waals surface area contributed by atoms with Crippen LogP contribution >= 0.6 is 11.8 Å². The average Bonchev–Trinajstić information content (AvgIpc) is 2.85. The van der Waals surface area contributed by atoms with Crippen LogP contribution in [-0.4, -0.2) is 10.9 Å². The quantitative estimate of drug-likeness (QED) is 0.810. The predicted octanol–water partition coefficient (Wildman–Crippen LogP) is 2.21. The van der Waals surface area contributed by atoms with E-state index in [0.717, 1.165) is 21.8 Å². The van der Waals surface area contributed by atoms with Crippen molar-refractivity contribution in [3.8, 4) is 0 Å². The number of amides is 1. The number of fused-ring (bicyclic) bond motifs is 1. The molecule has 1 aromatic heterocycles. The Bertz CT molecular complexity index is 636. The molecule has 1 amide bonds. The van der Waals surface area contributed by atoms with E-state index in [2.05, 4.69) is 10.3 Å². The van der Waals surface area contributed by atoms with Crippen molar-refractivity contribution >= 4 is 29.0 Å². The molecule has 2 aromatic rings. The molecule has 6 heteroatoms. The molecule has 3 rings (SSSR count). The number of anilines is 2. The van der Waals surface area contributed by atoms with Gasteiger partial charge in [-0.15, -0.1) is 0 Å². The monoisotopic (exact) mass is 261 g/mol. The van der Waals surface area contributed by atoms with E-state index in [4.69, 9.17) is 10.2 Å². The highest BCUT2D eigenvalue weighted by Gasteiger charge is 2.20. The second-order valence-electron chi connectivity index (χ2n) is 4.13. The lowest BCUT2D eigenvalue weighted by molar-refractivity contribution is -0.115. The van der Waals surface area contributed by atoms with Gasteiger partial charge in [-0.3, -0.25) is 4.79 Å². The highest BCUT2D eigenvalue weighted by molar-refractivity contribution is 7.99.